The van der Waals surface area contributed by atoms with E-state index in [1.807, 2.05) is 0 Å². The molecule has 0 unspecified atom stereocenters. The molecule has 0 amide bonds. The van der Waals surface area contributed by atoms with E-state index < -0.39 is 0 Å². The van der Waals surface area contributed by atoms with E-state index in [0.717, 1.165) is 24.8 Å². The highest BCUT2D eigenvalue weighted by molar-refractivity contribution is 7.16. The van der Waals surface area contributed by atoms with Crippen molar-refractivity contribution in [3.05, 3.63) is 16.0 Å². The molecule has 6 heteroatoms. The molecule has 1 aromatic rings. The summed E-state index contributed by atoms with van der Waals surface area (Å²) in [6.07, 6.45) is 2.97. The molecule has 1 aliphatic carbocycles. The topological polar surface area (TPSA) is 90.7 Å². The van der Waals surface area contributed by atoms with Crippen LogP contribution >= 0.6 is 11.3 Å². The lowest BCUT2D eigenvalue weighted by Crippen LogP contribution is -2.22. The number of aliphatic imine (C=N–C) groups is 1. The molecule has 1 heterocycles. The predicted octanol–water partition coefficient (Wildman–Crippen LogP) is 1.32. The lowest BCUT2D eigenvalue weighted by atomic mass is 10.1. The van der Waals surface area contributed by atoms with Gasteiger partial charge in [-0.05, 0) is 31.7 Å². The standard InChI is InChI=1S/C11H15N3O2S/c1-2-16-10(15)8-6-4-3-5-7(6)17-9(8)14-11(12)13/h2-5H2,1H3,(H4,12,13,14). The average molecular weight is 253 g/mol. The van der Waals surface area contributed by atoms with Crippen LogP contribution < -0.4 is 11.5 Å². The van der Waals surface area contributed by atoms with Crippen molar-refractivity contribution in [3.8, 4) is 0 Å². The first-order valence-electron chi connectivity index (χ1n) is 5.54. The van der Waals surface area contributed by atoms with Crippen molar-refractivity contribution >= 4 is 28.3 Å². The number of carbonyl (C=O) groups excluding carboxylic acids is 1. The molecule has 17 heavy (non-hydrogen) atoms. The molecule has 0 aliphatic heterocycles. The van der Waals surface area contributed by atoms with Crippen LogP contribution in [0.2, 0.25) is 0 Å². The Morgan fingerprint density at radius 3 is 2.88 bits per heavy atom. The molecule has 0 bridgehead atoms. The maximum atomic E-state index is 11.9. The molecule has 0 fully saturated rings. The molecular weight excluding hydrogens is 238 g/mol. The fraction of sp³-hybridized carbons (Fsp3) is 0.455. The molecule has 0 atom stereocenters. The van der Waals surface area contributed by atoms with Crippen LogP contribution in [-0.2, 0) is 17.6 Å². The zero-order valence-electron chi connectivity index (χ0n) is 9.66. The second kappa shape index (κ2) is 4.75. The molecule has 0 saturated heterocycles. The van der Waals surface area contributed by atoms with E-state index in [9.17, 15) is 4.79 Å². The third kappa shape index (κ3) is 2.26. The Labute approximate surface area is 103 Å². The highest BCUT2D eigenvalue weighted by Crippen LogP contribution is 2.41. The highest BCUT2D eigenvalue weighted by atomic mass is 32.1. The summed E-state index contributed by atoms with van der Waals surface area (Å²) in [5.41, 5.74) is 12.4. The number of nitrogens with zero attached hydrogens (tertiary/aromatic N) is 1. The number of fused-ring (bicyclic) bond motifs is 1. The number of guanidine groups is 1. The van der Waals surface area contributed by atoms with Crippen LogP contribution in [0.15, 0.2) is 4.99 Å². The van der Waals surface area contributed by atoms with E-state index >= 15 is 0 Å². The van der Waals surface area contributed by atoms with Gasteiger partial charge in [0.1, 0.15) is 5.00 Å². The van der Waals surface area contributed by atoms with Crippen molar-refractivity contribution in [1.82, 2.24) is 0 Å². The van der Waals surface area contributed by atoms with Gasteiger partial charge in [-0.15, -0.1) is 11.3 Å². The molecule has 4 N–H and O–H groups in total. The number of nitrogens with two attached hydrogens (primary N) is 2. The van der Waals surface area contributed by atoms with Gasteiger partial charge in [-0.2, -0.15) is 0 Å². The number of aryl methyl sites for hydroxylation is 1. The van der Waals surface area contributed by atoms with Crippen molar-refractivity contribution in [3.63, 3.8) is 0 Å². The van der Waals surface area contributed by atoms with Gasteiger partial charge in [-0.1, -0.05) is 0 Å². The molecule has 2 rings (SSSR count). The number of esters is 1. The highest BCUT2D eigenvalue weighted by Gasteiger charge is 2.27. The number of thiophene rings is 1. The zero-order chi connectivity index (χ0) is 12.4. The third-order valence-corrected chi connectivity index (χ3v) is 3.80. The second-order valence-electron chi connectivity index (χ2n) is 3.79. The number of ether oxygens (including phenoxy) is 1. The summed E-state index contributed by atoms with van der Waals surface area (Å²) in [7, 11) is 0. The van der Waals surface area contributed by atoms with E-state index in [2.05, 4.69) is 4.99 Å². The maximum Gasteiger partial charge on any atom is 0.341 e. The molecular formula is C11H15N3O2S. The molecule has 92 valence electrons. The number of hydrogen-bond donors (Lipinski definition) is 2. The zero-order valence-corrected chi connectivity index (χ0v) is 10.5. The van der Waals surface area contributed by atoms with Crippen LogP contribution in [0.5, 0.6) is 0 Å². The fourth-order valence-corrected chi connectivity index (χ4v) is 3.27. The van der Waals surface area contributed by atoms with Gasteiger partial charge in [0, 0.05) is 4.88 Å². The summed E-state index contributed by atoms with van der Waals surface area (Å²) < 4.78 is 5.05. The average Bonchev–Trinajstić information content (AvgIpc) is 2.76. The van der Waals surface area contributed by atoms with Gasteiger partial charge in [0.2, 0.25) is 0 Å². The molecule has 5 nitrogen and oxygen atoms in total. The van der Waals surface area contributed by atoms with E-state index in [0.29, 0.717) is 17.2 Å². The summed E-state index contributed by atoms with van der Waals surface area (Å²) in [6.45, 7) is 2.13. The number of carbonyl (C=O) groups is 1. The second-order valence-corrected chi connectivity index (χ2v) is 4.88. The monoisotopic (exact) mass is 253 g/mol. The van der Waals surface area contributed by atoms with E-state index in [-0.39, 0.29) is 11.9 Å². The van der Waals surface area contributed by atoms with Crippen molar-refractivity contribution in [1.29, 1.82) is 0 Å². The summed E-state index contributed by atoms with van der Waals surface area (Å²) >= 11 is 1.48. The first kappa shape index (κ1) is 11.9. The molecule has 1 aromatic heterocycles. The van der Waals surface area contributed by atoms with Gasteiger partial charge in [-0.3, -0.25) is 0 Å². The minimum Gasteiger partial charge on any atom is -0.462 e. The summed E-state index contributed by atoms with van der Waals surface area (Å²) in [6, 6.07) is 0. The Morgan fingerprint density at radius 1 is 1.47 bits per heavy atom. The van der Waals surface area contributed by atoms with Crippen molar-refractivity contribution in [2.24, 2.45) is 16.5 Å². The number of hydrogen-bond acceptors (Lipinski definition) is 4. The minimum atomic E-state index is -0.327. The summed E-state index contributed by atoms with van der Waals surface area (Å²) in [4.78, 5) is 17.1. The molecule has 1 aliphatic rings. The SMILES string of the molecule is CCOC(=O)c1c(N=C(N)N)sc2c1CCC2. The summed E-state index contributed by atoms with van der Waals surface area (Å²) in [5.74, 6) is -0.359. The van der Waals surface area contributed by atoms with Gasteiger partial charge in [-0.25, -0.2) is 9.79 Å². The lowest BCUT2D eigenvalue weighted by Gasteiger charge is -2.03. The maximum absolute atomic E-state index is 11.9. The summed E-state index contributed by atoms with van der Waals surface area (Å²) in [5, 5.41) is 0.577. The molecule has 0 aromatic carbocycles. The van der Waals surface area contributed by atoms with Crippen LogP contribution in [0.3, 0.4) is 0 Å². The van der Waals surface area contributed by atoms with E-state index in [1.165, 1.54) is 16.2 Å². The normalized spacial score (nSPS) is 13.2. The van der Waals surface area contributed by atoms with Gasteiger partial charge >= 0.3 is 5.97 Å². The molecule has 0 saturated carbocycles. The third-order valence-electron chi connectivity index (χ3n) is 2.61. The van der Waals surface area contributed by atoms with Gasteiger partial charge in [0.25, 0.3) is 0 Å². The molecule has 0 spiro atoms. The molecule has 0 radical (unpaired) electrons. The quantitative estimate of drug-likeness (QED) is 0.483. The van der Waals surface area contributed by atoms with E-state index in [4.69, 9.17) is 16.2 Å². The smallest absolute Gasteiger partial charge is 0.341 e. The fourth-order valence-electron chi connectivity index (χ4n) is 2.00. The predicted molar refractivity (Wildman–Crippen MR) is 67.8 cm³/mol. The Kier molecular flexibility index (Phi) is 3.33. The van der Waals surface area contributed by atoms with Crippen molar-refractivity contribution in [2.75, 3.05) is 6.61 Å². The van der Waals surface area contributed by atoms with Crippen LogP contribution in [0.4, 0.5) is 5.00 Å². The van der Waals surface area contributed by atoms with Crippen molar-refractivity contribution < 1.29 is 9.53 Å². The Morgan fingerprint density at radius 2 is 2.24 bits per heavy atom. The van der Waals surface area contributed by atoms with Crippen LogP contribution in [0, 0.1) is 0 Å². The van der Waals surface area contributed by atoms with Gasteiger partial charge < -0.3 is 16.2 Å². The van der Waals surface area contributed by atoms with Gasteiger partial charge in [0.15, 0.2) is 5.96 Å². The Balaban J connectivity index is 2.46. The Hall–Kier alpha value is -1.56. The first-order valence-corrected chi connectivity index (χ1v) is 6.36. The van der Waals surface area contributed by atoms with E-state index in [1.54, 1.807) is 6.92 Å². The first-order chi connectivity index (χ1) is 8.13. The van der Waals surface area contributed by atoms with Crippen LogP contribution in [0.1, 0.15) is 34.1 Å². The largest absolute Gasteiger partial charge is 0.462 e. The number of rotatable bonds is 3. The van der Waals surface area contributed by atoms with Crippen LogP contribution in [0.25, 0.3) is 0 Å². The van der Waals surface area contributed by atoms with Crippen LogP contribution in [-0.4, -0.2) is 18.5 Å². The lowest BCUT2D eigenvalue weighted by molar-refractivity contribution is 0.0527. The van der Waals surface area contributed by atoms with Gasteiger partial charge in [0.05, 0.1) is 12.2 Å². The minimum absolute atomic E-state index is 0.0320. The van der Waals surface area contributed by atoms with Crippen molar-refractivity contribution in [2.45, 2.75) is 26.2 Å². The Bertz CT molecular complexity index is 475.